The van der Waals surface area contributed by atoms with Gasteiger partial charge in [-0.3, -0.25) is 14.4 Å². The molecule has 0 bridgehead atoms. The molecule has 0 saturated carbocycles. The molecule has 6 heterocycles. The van der Waals surface area contributed by atoms with Crippen molar-refractivity contribution in [1.82, 2.24) is 16.0 Å². The van der Waals surface area contributed by atoms with Crippen molar-refractivity contribution in [2.75, 3.05) is 46.2 Å². The van der Waals surface area contributed by atoms with Crippen LogP contribution >= 0.6 is 0 Å². The van der Waals surface area contributed by atoms with E-state index in [-0.39, 0.29) is 12.3 Å². The fraction of sp³-hybridized carbons (Fsp3) is 0.938. The van der Waals surface area contributed by atoms with Gasteiger partial charge in [-0.05, 0) is 19.3 Å². The first-order chi connectivity index (χ1) is 55.8. The van der Waals surface area contributed by atoms with Crippen molar-refractivity contribution >= 4 is 17.7 Å². The Hall–Kier alpha value is -3.05. The fourth-order valence-electron chi connectivity index (χ4n) is 15.7. The zero-order chi connectivity index (χ0) is 84.8. The van der Waals surface area contributed by atoms with E-state index >= 15 is 0 Å². The number of aliphatic hydroxyl groups excluding tert-OH is 18. The van der Waals surface area contributed by atoms with E-state index < -0.39 is 254 Å². The summed E-state index contributed by atoms with van der Waals surface area (Å²) in [6, 6.07) is -4.39. The van der Waals surface area contributed by atoms with Gasteiger partial charge in [0.15, 0.2) is 37.7 Å². The van der Waals surface area contributed by atoms with Crippen LogP contribution in [0.4, 0.5) is 0 Å². The molecule has 36 heteroatoms. The highest BCUT2D eigenvalue weighted by atomic mass is 16.8. The molecule has 6 aliphatic heterocycles. The maximum absolute atomic E-state index is 13.6. The van der Waals surface area contributed by atoms with Crippen LogP contribution in [0.1, 0.15) is 233 Å². The van der Waals surface area contributed by atoms with Gasteiger partial charge < -0.3 is 165 Å². The lowest BCUT2D eigenvalue weighted by Crippen LogP contribution is -2.69. The van der Waals surface area contributed by atoms with Gasteiger partial charge >= 0.3 is 0 Å². The first kappa shape index (κ1) is 102. The molecule has 6 fully saturated rings. The molecule has 0 aromatic carbocycles. The third-order valence-electron chi connectivity index (χ3n) is 22.7. The van der Waals surface area contributed by atoms with Crippen molar-refractivity contribution < 1.29 is 163 Å². The Morgan fingerprint density at radius 2 is 0.690 bits per heavy atom. The number of carbonyl (C=O) groups excluding carboxylic acids is 3. The van der Waals surface area contributed by atoms with Gasteiger partial charge in [-0.2, -0.15) is 0 Å². The normalized spacial score (nSPS) is 36.3. The number of rotatable bonds is 56. The third-order valence-corrected chi connectivity index (χ3v) is 22.7. The second-order valence-corrected chi connectivity index (χ2v) is 32.1. The lowest BCUT2D eigenvalue weighted by molar-refractivity contribution is -0.385. The van der Waals surface area contributed by atoms with Gasteiger partial charge in [-0.25, -0.2) is 0 Å². The van der Waals surface area contributed by atoms with Crippen LogP contribution in [0.3, 0.4) is 0 Å². The molecule has 3 amide bonds. The van der Waals surface area contributed by atoms with Gasteiger partial charge in [-0.15, -0.1) is 0 Å². The standard InChI is InChI=1S/C80H145N3O33/c1-5-7-9-11-13-15-17-19-20-21-22-23-24-26-28-30-32-34-36-38-56(92)83-48(49(91)37-35-33-31-29-27-25-18-16-14-12-10-8-6-2)44-105-77-68(102)65(99)73(53(42-87)110-77)115-80-70(104)74(116-78-67(101)64(98)60(94)51(40-85)108-78)61(95)55(112-80)45-106-75-58(82-47(4)90)63(97)71(52(41-86)109-75)114-79-69(103)66(100)72(54(43-88)111-79)113-76-57(81-46(3)89)62(96)59(93)50(39-84)107-76/h35,37,48-55,57-80,84-88,91,93-104H,5-34,36,38-45H2,1-4H3,(H,81,89)(H,82,90)(H,83,92)/b37-35+/t48-,49+,50?,51?,52?,53?,54?,55?,57?,58?,59-,60-,61-,62+,63+,64-,65+,66+,67?,68?,69?,70?,71+,72-,73+,74-,75+,76-,77+,78+,79-,80-/m0/s1. The van der Waals surface area contributed by atoms with Gasteiger partial charge in [0.1, 0.15) is 146 Å². The Balaban J connectivity index is 1.11. The molecule has 116 heavy (non-hydrogen) atoms. The summed E-state index contributed by atoms with van der Waals surface area (Å²) in [5.74, 6) is -1.92. The van der Waals surface area contributed by atoms with Gasteiger partial charge in [0, 0.05) is 20.3 Å². The summed E-state index contributed by atoms with van der Waals surface area (Å²) in [5, 5.41) is 208. The average molecular weight is 1680 g/mol. The number of carbonyl (C=O) groups is 3. The number of amides is 3. The van der Waals surface area contributed by atoms with E-state index in [1.165, 1.54) is 135 Å². The molecular formula is C80H145N3O33. The topological polar surface area (TPSA) is 562 Å². The average Bonchev–Trinajstić information content (AvgIpc) is 0.777. The summed E-state index contributed by atoms with van der Waals surface area (Å²) in [6.07, 6.45) is -15.2. The number of hydrogen-bond acceptors (Lipinski definition) is 33. The number of aliphatic hydroxyl groups is 18. The zero-order valence-electron chi connectivity index (χ0n) is 68.4. The van der Waals surface area contributed by atoms with Crippen LogP contribution in [-0.2, 0) is 71.2 Å². The molecule has 0 aromatic heterocycles. The molecule has 6 rings (SSSR count). The van der Waals surface area contributed by atoms with Crippen molar-refractivity contribution in [1.29, 1.82) is 0 Å². The van der Waals surface area contributed by atoms with Crippen LogP contribution in [-0.4, -0.2) is 352 Å². The van der Waals surface area contributed by atoms with E-state index in [1.807, 2.05) is 6.08 Å². The molecule has 36 nitrogen and oxygen atoms in total. The van der Waals surface area contributed by atoms with Crippen LogP contribution in [0.5, 0.6) is 0 Å². The highest BCUT2D eigenvalue weighted by Gasteiger charge is 2.58. The van der Waals surface area contributed by atoms with Crippen LogP contribution < -0.4 is 16.0 Å². The highest BCUT2D eigenvalue weighted by Crippen LogP contribution is 2.37. The van der Waals surface area contributed by atoms with Crippen LogP contribution in [0.25, 0.3) is 0 Å². The summed E-state index contributed by atoms with van der Waals surface area (Å²) >= 11 is 0. The van der Waals surface area contributed by atoms with E-state index in [2.05, 4.69) is 29.8 Å². The SMILES string of the molecule is CCCCCCCCCCCCC/C=C/[C@@H](O)[C@H](CO[C@@H]1OC(CO)[C@@H](O[C@@H]2OC(CO[C@@H]3OC(CO)[C@@H](O[C@@H]4OC(CO)[C@H](O[C@@H]5OC(CO)[C@H](O)[C@H](O)C5NC(C)=O)[C@H](O)C4O)[C@H](O)C3NC(C)=O)[C@H](O)[C@H](O[C@H]3OC(CO)[C@H](O)[C@H](O)C3O)C2O)[C@H](O)C1O)NC(=O)CCCCCCCCCCCCCCCCCCCCC. The van der Waals surface area contributed by atoms with Crippen LogP contribution in [0, 0.1) is 0 Å². The first-order valence-corrected chi connectivity index (χ1v) is 43.0. The summed E-state index contributed by atoms with van der Waals surface area (Å²) in [7, 11) is 0. The minimum absolute atomic E-state index is 0.158. The Morgan fingerprint density at radius 3 is 1.15 bits per heavy atom. The maximum atomic E-state index is 13.6. The monoisotopic (exact) mass is 1680 g/mol. The summed E-state index contributed by atoms with van der Waals surface area (Å²) in [4.78, 5) is 38.7. The second kappa shape index (κ2) is 55.2. The Morgan fingerprint density at radius 1 is 0.345 bits per heavy atom. The first-order valence-electron chi connectivity index (χ1n) is 43.0. The predicted octanol–water partition coefficient (Wildman–Crippen LogP) is -0.864. The van der Waals surface area contributed by atoms with E-state index in [4.69, 9.17) is 56.8 Å². The maximum Gasteiger partial charge on any atom is 0.220 e. The van der Waals surface area contributed by atoms with Gasteiger partial charge in [0.25, 0.3) is 0 Å². The van der Waals surface area contributed by atoms with Crippen LogP contribution in [0.2, 0.25) is 0 Å². The summed E-state index contributed by atoms with van der Waals surface area (Å²) in [5.41, 5.74) is 0. The van der Waals surface area contributed by atoms with Crippen molar-refractivity contribution in [2.45, 2.75) is 429 Å². The molecule has 6 aliphatic rings. The van der Waals surface area contributed by atoms with E-state index in [0.717, 1.165) is 65.2 Å². The minimum atomic E-state index is -2.25. The van der Waals surface area contributed by atoms with E-state index in [9.17, 15) is 106 Å². The van der Waals surface area contributed by atoms with Crippen molar-refractivity contribution in [2.24, 2.45) is 0 Å². The number of nitrogens with one attached hydrogen (secondary N) is 3. The molecular weight excluding hydrogens is 1530 g/mol. The predicted molar refractivity (Wildman–Crippen MR) is 412 cm³/mol. The molecule has 6 saturated heterocycles. The van der Waals surface area contributed by atoms with Gasteiger partial charge in [0.05, 0.1) is 58.4 Å². The van der Waals surface area contributed by atoms with Crippen molar-refractivity contribution in [3.8, 4) is 0 Å². The molecule has 0 aliphatic carbocycles. The lowest BCUT2D eigenvalue weighted by atomic mass is 9.94. The number of unbranched alkanes of at least 4 members (excludes halogenated alkanes) is 29. The number of allylic oxidation sites excluding steroid dienone is 1. The summed E-state index contributed by atoms with van der Waals surface area (Å²) < 4.78 is 71.1. The Kier molecular flexibility index (Phi) is 48.5. The quantitative estimate of drug-likeness (QED) is 0.0260. The van der Waals surface area contributed by atoms with E-state index in [0.29, 0.717) is 12.8 Å². The van der Waals surface area contributed by atoms with Gasteiger partial charge in [0.2, 0.25) is 17.7 Å². The molecule has 32 atom stereocenters. The lowest BCUT2D eigenvalue weighted by Gasteiger charge is -2.49. The number of hydrogen-bond donors (Lipinski definition) is 21. The molecule has 0 radical (unpaired) electrons. The fourth-order valence-corrected chi connectivity index (χ4v) is 15.7. The highest BCUT2D eigenvalue weighted by molar-refractivity contribution is 5.76. The van der Waals surface area contributed by atoms with Crippen molar-refractivity contribution in [3.63, 3.8) is 0 Å². The molecule has 12 unspecified atom stereocenters. The van der Waals surface area contributed by atoms with Crippen molar-refractivity contribution in [3.05, 3.63) is 12.2 Å². The molecule has 0 spiro atoms. The van der Waals surface area contributed by atoms with Crippen LogP contribution in [0.15, 0.2) is 12.2 Å². The van der Waals surface area contributed by atoms with E-state index in [1.54, 1.807) is 6.08 Å². The Labute approximate surface area is 682 Å². The largest absolute Gasteiger partial charge is 0.394 e. The number of ether oxygens (including phenoxy) is 12. The minimum Gasteiger partial charge on any atom is -0.394 e. The zero-order valence-corrected chi connectivity index (χ0v) is 68.4. The molecule has 678 valence electrons. The molecule has 21 N–H and O–H groups in total. The third kappa shape index (κ3) is 31.9. The Bertz CT molecular complexity index is 2670. The van der Waals surface area contributed by atoms with Gasteiger partial charge in [-0.1, -0.05) is 206 Å². The summed E-state index contributed by atoms with van der Waals surface area (Å²) in [6.45, 7) is 0.333. The molecule has 0 aromatic rings. The smallest absolute Gasteiger partial charge is 0.220 e. The second-order valence-electron chi connectivity index (χ2n) is 32.1.